The lowest BCUT2D eigenvalue weighted by Crippen LogP contribution is -2.31. The van der Waals surface area contributed by atoms with E-state index in [2.05, 4.69) is 4.99 Å². The zero-order chi connectivity index (χ0) is 14.8. The van der Waals surface area contributed by atoms with Crippen molar-refractivity contribution in [2.45, 2.75) is 25.8 Å². The minimum Gasteiger partial charge on any atom is -0.497 e. The topological polar surface area (TPSA) is 21.6 Å². The highest BCUT2D eigenvalue weighted by Crippen LogP contribution is 2.30. The lowest BCUT2D eigenvalue weighted by Gasteiger charge is -2.23. The maximum atomic E-state index is 13.9. The Labute approximate surface area is 117 Å². The highest BCUT2D eigenvalue weighted by Gasteiger charge is 2.38. The maximum Gasteiger partial charge on any atom is 0.295 e. The van der Waals surface area contributed by atoms with Crippen molar-refractivity contribution in [3.8, 4) is 0 Å². The molecule has 0 heterocycles. The summed E-state index contributed by atoms with van der Waals surface area (Å²) in [5, 5.41) is 0. The molecule has 0 aliphatic heterocycles. The van der Waals surface area contributed by atoms with E-state index in [9.17, 15) is 8.78 Å². The Kier molecular flexibility index (Phi) is 4.02. The van der Waals surface area contributed by atoms with Gasteiger partial charge in [-0.2, -0.15) is 8.78 Å². The highest BCUT2D eigenvalue weighted by atomic mass is 19.3. The Morgan fingerprint density at radius 3 is 2.70 bits per heavy atom. The van der Waals surface area contributed by atoms with Crippen LogP contribution in [0, 0.1) is 6.92 Å². The molecule has 0 aromatic heterocycles. The van der Waals surface area contributed by atoms with Gasteiger partial charge in [0.1, 0.15) is 11.8 Å². The van der Waals surface area contributed by atoms with Crippen molar-refractivity contribution in [2.24, 2.45) is 4.99 Å². The van der Waals surface area contributed by atoms with Crippen LogP contribution in [0.25, 0.3) is 0 Å². The molecule has 1 atom stereocenters. The van der Waals surface area contributed by atoms with Crippen LogP contribution in [0.4, 0.5) is 8.78 Å². The first-order valence-corrected chi connectivity index (χ1v) is 6.36. The Balaban J connectivity index is 2.27. The molecule has 4 heteroatoms. The van der Waals surface area contributed by atoms with Gasteiger partial charge in [-0.3, -0.25) is 4.99 Å². The van der Waals surface area contributed by atoms with Crippen molar-refractivity contribution in [3.63, 3.8) is 0 Å². The first-order chi connectivity index (χ1) is 9.42. The number of aliphatic imine (C=N–C) groups is 1. The minimum atomic E-state index is -3.04. The van der Waals surface area contributed by atoms with Gasteiger partial charge in [0, 0.05) is 11.8 Å². The minimum absolute atomic E-state index is 0.162. The van der Waals surface area contributed by atoms with Gasteiger partial charge in [-0.05, 0) is 25.5 Å². The molecular weight excluding hydrogens is 260 g/mol. The van der Waals surface area contributed by atoms with E-state index in [0.717, 1.165) is 17.2 Å². The van der Waals surface area contributed by atoms with Gasteiger partial charge >= 0.3 is 0 Å². The average molecular weight is 277 g/mol. The van der Waals surface area contributed by atoms with E-state index in [0.29, 0.717) is 5.71 Å². The Morgan fingerprint density at radius 1 is 1.35 bits per heavy atom. The molecule has 0 saturated carbocycles. The normalized spacial score (nSPS) is 21.6. The van der Waals surface area contributed by atoms with E-state index in [4.69, 9.17) is 4.74 Å². The monoisotopic (exact) mass is 277 g/mol. The van der Waals surface area contributed by atoms with E-state index in [-0.39, 0.29) is 5.76 Å². The molecule has 2 nitrogen and oxygen atoms in total. The number of alkyl halides is 2. The number of allylic oxidation sites excluding steroid dienone is 1. The molecule has 0 radical (unpaired) electrons. The molecule has 1 aliphatic rings. The van der Waals surface area contributed by atoms with Crippen LogP contribution < -0.4 is 0 Å². The van der Waals surface area contributed by atoms with Crippen molar-refractivity contribution < 1.29 is 13.5 Å². The third-order valence-electron chi connectivity index (χ3n) is 3.18. The van der Waals surface area contributed by atoms with Crippen molar-refractivity contribution in [1.82, 2.24) is 0 Å². The summed E-state index contributed by atoms with van der Waals surface area (Å²) in [6.45, 7) is 3.70. The fraction of sp³-hybridized carbons (Fsp3) is 0.312. The van der Waals surface area contributed by atoms with Gasteiger partial charge < -0.3 is 4.74 Å². The highest BCUT2D eigenvalue weighted by molar-refractivity contribution is 5.99. The van der Waals surface area contributed by atoms with Crippen molar-refractivity contribution >= 4 is 5.71 Å². The van der Waals surface area contributed by atoms with E-state index < -0.39 is 12.0 Å². The molecule has 106 valence electrons. The quantitative estimate of drug-likeness (QED) is 0.768. The summed E-state index contributed by atoms with van der Waals surface area (Å²) in [7, 11) is 1.37. The van der Waals surface area contributed by atoms with Crippen molar-refractivity contribution in [3.05, 3.63) is 59.4 Å². The van der Waals surface area contributed by atoms with Gasteiger partial charge in [-0.25, -0.2) is 0 Å². The number of hydrogen-bond donors (Lipinski definition) is 0. The number of ether oxygens (including phenoxy) is 1. The molecule has 0 amide bonds. The lowest BCUT2D eigenvalue weighted by molar-refractivity contribution is 0.0359. The van der Waals surface area contributed by atoms with Crippen LogP contribution in [0.15, 0.2) is 53.2 Å². The molecule has 0 N–H and O–H groups in total. The van der Waals surface area contributed by atoms with Crippen LogP contribution in [-0.4, -0.2) is 24.8 Å². The number of rotatable bonds is 3. The largest absolute Gasteiger partial charge is 0.497 e. The summed E-state index contributed by atoms with van der Waals surface area (Å²) in [5.74, 6) is -2.87. The number of hydrogen-bond acceptors (Lipinski definition) is 2. The standard InChI is InChI=1S/C16H17F2NO/c1-11-5-4-6-13(9-11)12(2)19-15-8-7-14(20-3)10-16(15,17)18/h4-10,15H,1-3H3. The number of methoxy groups -OCH3 is 1. The second-order valence-corrected chi connectivity index (χ2v) is 4.81. The summed E-state index contributed by atoms with van der Waals surface area (Å²) in [4.78, 5) is 4.15. The fourth-order valence-corrected chi connectivity index (χ4v) is 2.05. The van der Waals surface area contributed by atoms with E-state index >= 15 is 0 Å². The molecule has 0 bridgehead atoms. The van der Waals surface area contributed by atoms with Crippen LogP contribution in [-0.2, 0) is 4.74 Å². The zero-order valence-electron chi connectivity index (χ0n) is 11.7. The maximum absolute atomic E-state index is 13.9. The first-order valence-electron chi connectivity index (χ1n) is 6.36. The van der Waals surface area contributed by atoms with E-state index in [1.807, 2.05) is 31.2 Å². The van der Waals surface area contributed by atoms with E-state index in [1.165, 1.54) is 19.3 Å². The van der Waals surface area contributed by atoms with Gasteiger partial charge in [0.2, 0.25) is 0 Å². The van der Waals surface area contributed by atoms with Gasteiger partial charge in [0.15, 0.2) is 0 Å². The van der Waals surface area contributed by atoms with Crippen molar-refractivity contribution in [1.29, 1.82) is 0 Å². The Morgan fingerprint density at radius 2 is 2.10 bits per heavy atom. The molecule has 1 aliphatic carbocycles. The average Bonchev–Trinajstić information content (AvgIpc) is 2.40. The zero-order valence-corrected chi connectivity index (χ0v) is 11.7. The number of halogens is 2. The van der Waals surface area contributed by atoms with Crippen LogP contribution >= 0.6 is 0 Å². The number of aryl methyl sites for hydroxylation is 1. The molecule has 0 fully saturated rings. The SMILES string of the molecule is COC1=CC(F)(F)C(N=C(C)c2cccc(C)c2)C=C1. The molecule has 1 aromatic rings. The van der Waals surface area contributed by atoms with Gasteiger partial charge in [-0.15, -0.1) is 0 Å². The predicted octanol–water partition coefficient (Wildman–Crippen LogP) is 3.91. The number of nitrogens with zero attached hydrogens (tertiary/aromatic N) is 1. The molecule has 1 aromatic carbocycles. The van der Waals surface area contributed by atoms with E-state index in [1.54, 1.807) is 6.92 Å². The summed E-state index contributed by atoms with van der Waals surface area (Å²) in [5.41, 5.74) is 2.53. The second-order valence-electron chi connectivity index (χ2n) is 4.81. The lowest BCUT2D eigenvalue weighted by atomic mass is 10.0. The smallest absolute Gasteiger partial charge is 0.295 e. The molecule has 1 unspecified atom stereocenters. The summed E-state index contributed by atoms with van der Waals surface area (Å²) in [6.07, 6.45) is 3.71. The van der Waals surface area contributed by atoms with Crippen molar-refractivity contribution in [2.75, 3.05) is 7.11 Å². The summed E-state index contributed by atoms with van der Waals surface area (Å²) < 4.78 is 32.7. The van der Waals surface area contributed by atoms with Gasteiger partial charge in [0.25, 0.3) is 5.92 Å². The Bertz CT molecular complexity index is 588. The summed E-state index contributed by atoms with van der Waals surface area (Å²) >= 11 is 0. The molecular formula is C16H17F2NO. The predicted molar refractivity (Wildman–Crippen MR) is 76.4 cm³/mol. The van der Waals surface area contributed by atoms with Gasteiger partial charge in [-0.1, -0.05) is 35.9 Å². The van der Waals surface area contributed by atoms with Crippen LogP contribution in [0.2, 0.25) is 0 Å². The fourth-order valence-electron chi connectivity index (χ4n) is 2.05. The van der Waals surface area contributed by atoms with Crippen LogP contribution in [0.1, 0.15) is 18.1 Å². The Hall–Kier alpha value is -1.97. The first kappa shape index (κ1) is 14.4. The third-order valence-corrected chi connectivity index (χ3v) is 3.18. The second kappa shape index (κ2) is 5.57. The van der Waals surface area contributed by atoms with Gasteiger partial charge in [0.05, 0.1) is 7.11 Å². The number of benzene rings is 1. The molecule has 0 spiro atoms. The van der Waals surface area contributed by atoms with Crippen LogP contribution in [0.5, 0.6) is 0 Å². The molecule has 0 saturated heterocycles. The summed E-state index contributed by atoms with van der Waals surface area (Å²) in [6, 6.07) is 6.45. The van der Waals surface area contributed by atoms with Crippen LogP contribution in [0.3, 0.4) is 0 Å². The molecule has 20 heavy (non-hydrogen) atoms. The third kappa shape index (κ3) is 3.13. The molecule has 2 rings (SSSR count).